The SMILES string of the molecule is C#CCCC1(CCC(=O)N2CC3(CCCC3)c3c(F)cccc32)N=N1. The maximum atomic E-state index is 14.6. The quantitative estimate of drug-likeness (QED) is 0.736. The Morgan fingerprint density at radius 2 is 2.04 bits per heavy atom. The van der Waals surface area contributed by atoms with Gasteiger partial charge in [-0.2, -0.15) is 10.2 Å². The minimum atomic E-state index is -0.447. The first-order valence-corrected chi connectivity index (χ1v) is 9.06. The highest BCUT2D eigenvalue weighted by atomic mass is 19.1. The second kappa shape index (κ2) is 5.94. The fourth-order valence-corrected chi connectivity index (χ4v) is 4.52. The number of hydrogen-bond acceptors (Lipinski definition) is 3. The second-order valence-electron chi connectivity index (χ2n) is 7.49. The largest absolute Gasteiger partial charge is 0.311 e. The van der Waals surface area contributed by atoms with Crippen LogP contribution in [-0.2, 0) is 10.2 Å². The smallest absolute Gasteiger partial charge is 0.227 e. The van der Waals surface area contributed by atoms with Crippen molar-refractivity contribution in [2.75, 3.05) is 11.4 Å². The highest BCUT2D eigenvalue weighted by Crippen LogP contribution is 2.51. The molecule has 1 aromatic carbocycles. The number of terminal acetylenes is 1. The van der Waals surface area contributed by atoms with Gasteiger partial charge in [0.2, 0.25) is 5.91 Å². The summed E-state index contributed by atoms with van der Waals surface area (Å²) in [6.07, 6.45) is 11.7. The fourth-order valence-electron chi connectivity index (χ4n) is 4.52. The first kappa shape index (κ1) is 16.3. The van der Waals surface area contributed by atoms with E-state index in [1.165, 1.54) is 6.07 Å². The zero-order valence-electron chi connectivity index (χ0n) is 14.3. The van der Waals surface area contributed by atoms with Gasteiger partial charge in [-0.1, -0.05) is 18.9 Å². The van der Waals surface area contributed by atoms with Crippen LogP contribution in [0, 0.1) is 18.2 Å². The molecule has 0 N–H and O–H groups in total. The van der Waals surface area contributed by atoms with Gasteiger partial charge >= 0.3 is 0 Å². The van der Waals surface area contributed by atoms with Crippen molar-refractivity contribution in [1.82, 2.24) is 0 Å². The number of anilines is 1. The Kier molecular flexibility index (Phi) is 3.87. The highest BCUT2D eigenvalue weighted by molar-refractivity contribution is 5.96. The Bertz CT molecular complexity index is 768. The topological polar surface area (TPSA) is 45.0 Å². The number of hydrogen-bond donors (Lipinski definition) is 0. The van der Waals surface area contributed by atoms with Crippen LogP contribution in [-0.4, -0.2) is 18.1 Å². The number of nitrogens with zero attached hydrogens (tertiary/aromatic N) is 3. The van der Waals surface area contributed by atoms with Crippen molar-refractivity contribution in [2.24, 2.45) is 10.2 Å². The van der Waals surface area contributed by atoms with Crippen LogP contribution in [0.2, 0.25) is 0 Å². The third-order valence-electron chi connectivity index (χ3n) is 5.93. The second-order valence-corrected chi connectivity index (χ2v) is 7.49. The minimum absolute atomic E-state index is 0.0352. The average molecular weight is 339 g/mol. The molecule has 25 heavy (non-hydrogen) atoms. The van der Waals surface area contributed by atoms with Crippen molar-refractivity contribution >= 4 is 11.6 Å². The van der Waals surface area contributed by atoms with Crippen molar-refractivity contribution < 1.29 is 9.18 Å². The first-order chi connectivity index (χ1) is 12.1. The van der Waals surface area contributed by atoms with Gasteiger partial charge in [0.1, 0.15) is 5.82 Å². The molecule has 0 bridgehead atoms. The van der Waals surface area contributed by atoms with Crippen molar-refractivity contribution in [2.45, 2.75) is 62.4 Å². The number of amides is 1. The van der Waals surface area contributed by atoms with Gasteiger partial charge < -0.3 is 4.90 Å². The Labute approximate surface area is 147 Å². The molecule has 0 unspecified atom stereocenters. The van der Waals surface area contributed by atoms with Gasteiger partial charge in [-0.05, 0) is 25.0 Å². The maximum Gasteiger partial charge on any atom is 0.227 e. The van der Waals surface area contributed by atoms with Gasteiger partial charge in [0, 0.05) is 43.2 Å². The number of fused-ring (bicyclic) bond motifs is 2. The maximum absolute atomic E-state index is 14.6. The molecule has 2 aliphatic heterocycles. The third-order valence-corrected chi connectivity index (χ3v) is 5.93. The molecule has 3 aliphatic rings. The van der Waals surface area contributed by atoms with Gasteiger partial charge in [0.25, 0.3) is 0 Å². The monoisotopic (exact) mass is 339 g/mol. The van der Waals surface area contributed by atoms with Gasteiger partial charge in [-0.3, -0.25) is 4.79 Å². The van der Waals surface area contributed by atoms with E-state index >= 15 is 0 Å². The third kappa shape index (κ3) is 2.74. The number of benzene rings is 1. The summed E-state index contributed by atoms with van der Waals surface area (Å²) in [6.45, 7) is 0.605. The highest BCUT2D eigenvalue weighted by Gasteiger charge is 2.48. The van der Waals surface area contributed by atoms with E-state index in [0.717, 1.165) is 36.9 Å². The van der Waals surface area contributed by atoms with Crippen LogP contribution in [0.15, 0.2) is 28.4 Å². The van der Waals surface area contributed by atoms with Gasteiger partial charge in [-0.15, -0.1) is 12.3 Å². The van der Waals surface area contributed by atoms with Crippen molar-refractivity contribution in [3.8, 4) is 12.3 Å². The van der Waals surface area contributed by atoms with Crippen molar-refractivity contribution in [3.05, 3.63) is 29.6 Å². The van der Waals surface area contributed by atoms with Crippen LogP contribution in [0.4, 0.5) is 10.1 Å². The lowest BCUT2D eigenvalue weighted by atomic mass is 9.80. The molecule has 130 valence electrons. The van der Waals surface area contributed by atoms with Crippen LogP contribution in [0.5, 0.6) is 0 Å². The van der Waals surface area contributed by atoms with Crippen molar-refractivity contribution in [1.29, 1.82) is 0 Å². The number of carbonyl (C=O) groups excluding carboxylic acids is 1. The predicted octanol–water partition coefficient (Wildman–Crippen LogP) is 4.34. The summed E-state index contributed by atoms with van der Waals surface area (Å²) in [4.78, 5) is 14.7. The fraction of sp³-hybridized carbons (Fsp3) is 0.550. The summed E-state index contributed by atoms with van der Waals surface area (Å²) in [7, 11) is 0. The zero-order valence-corrected chi connectivity index (χ0v) is 14.3. The molecule has 0 saturated heterocycles. The minimum Gasteiger partial charge on any atom is -0.311 e. The molecule has 2 heterocycles. The van der Waals surface area contributed by atoms with E-state index in [1.54, 1.807) is 11.0 Å². The molecular formula is C20H22FN3O. The Hall–Kier alpha value is -2.22. The lowest BCUT2D eigenvalue weighted by Crippen LogP contribution is -2.36. The molecule has 1 aromatic rings. The Balaban J connectivity index is 1.51. The lowest BCUT2D eigenvalue weighted by Gasteiger charge is -2.25. The van der Waals surface area contributed by atoms with E-state index in [2.05, 4.69) is 16.1 Å². The number of rotatable bonds is 5. The van der Waals surface area contributed by atoms with E-state index < -0.39 is 5.66 Å². The Morgan fingerprint density at radius 3 is 2.72 bits per heavy atom. The van der Waals surface area contributed by atoms with Gasteiger partial charge in [0.05, 0.1) is 5.69 Å². The standard InChI is InChI=1S/C20H22FN3O/c1-2-3-12-20(22-23-20)13-9-17(25)24-14-19(10-4-5-11-19)18-15(21)7-6-8-16(18)24/h1,6-8H,3-5,9-14H2. The van der Waals surface area contributed by atoms with E-state index in [9.17, 15) is 9.18 Å². The molecule has 5 heteroatoms. The average Bonchev–Trinajstić information content (AvgIpc) is 3.09. The molecule has 1 saturated carbocycles. The summed E-state index contributed by atoms with van der Waals surface area (Å²) in [5.41, 5.74) is 0.876. The van der Waals surface area contributed by atoms with Crippen LogP contribution in [0.3, 0.4) is 0 Å². The number of carbonyl (C=O) groups is 1. The first-order valence-electron chi connectivity index (χ1n) is 9.06. The zero-order chi connectivity index (χ0) is 17.5. The van der Waals surface area contributed by atoms with Gasteiger partial charge in [-0.25, -0.2) is 4.39 Å². The van der Waals surface area contributed by atoms with E-state index in [1.807, 2.05) is 6.07 Å². The van der Waals surface area contributed by atoms with Crippen molar-refractivity contribution in [3.63, 3.8) is 0 Å². The summed E-state index contributed by atoms with van der Waals surface area (Å²) < 4.78 is 14.6. The molecule has 0 aromatic heterocycles. The number of halogens is 1. The predicted molar refractivity (Wildman–Crippen MR) is 93.8 cm³/mol. The van der Waals surface area contributed by atoms with E-state index in [0.29, 0.717) is 32.2 Å². The van der Waals surface area contributed by atoms with Crippen LogP contribution >= 0.6 is 0 Å². The van der Waals surface area contributed by atoms with Crippen LogP contribution in [0.1, 0.15) is 56.9 Å². The summed E-state index contributed by atoms with van der Waals surface area (Å²) in [5, 5.41) is 8.20. The summed E-state index contributed by atoms with van der Waals surface area (Å²) in [5.74, 6) is 2.46. The van der Waals surface area contributed by atoms with E-state index in [-0.39, 0.29) is 17.1 Å². The molecule has 1 spiro atoms. The molecular weight excluding hydrogens is 317 g/mol. The normalized spacial score (nSPS) is 21.4. The lowest BCUT2D eigenvalue weighted by molar-refractivity contribution is -0.118. The van der Waals surface area contributed by atoms with Crippen LogP contribution < -0.4 is 4.90 Å². The molecule has 1 aliphatic carbocycles. The molecule has 4 rings (SSSR count). The molecule has 1 fully saturated rings. The molecule has 1 amide bonds. The summed E-state index contributed by atoms with van der Waals surface area (Å²) in [6, 6.07) is 5.09. The molecule has 0 atom stereocenters. The molecule has 0 radical (unpaired) electrons. The Morgan fingerprint density at radius 1 is 1.28 bits per heavy atom. The summed E-state index contributed by atoms with van der Waals surface area (Å²) >= 11 is 0. The molecule has 4 nitrogen and oxygen atoms in total. The van der Waals surface area contributed by atoms with E-state index in [4.69, 9.17) is 6.42 Å². The van der Waals surface area contributed by atoms with Crippen LogP contribution in [0.25, 0.3) is 0 Å². The van der Waals surface area contributed by atoms with Gasteiger partial charge in [0.15, 0.2) is 5.66 Å².